The summed E-state index contributed by atoms with van der Waals surface area (Å²) < 4.78 is 11.7. The normalized spacial score (nSPS) is 14.5. The van der Waals surface area contributed by atoms with Crippen molar-refractivity contribution in [2.75, 3.05) is 57.3 Å². The number of carbonyl (C=O) groups is 2. The van der Waals surface area contributed by atoms with Crippen LogP contribution in [0.2, 0.25) is 0 Å². The molecule has 2 aliphatic heterocycles. The number of fused-ring (bicyclic) bond motifs is 6. The van der Waals surface area contributed by atoms with Gasteiger partial charge in [-0.25, -0.2) is 19.6 Å². The maximum atomic E-state index is 12.4. The summed E-state index contributed by atoms with van der Waals surface area (Å²) in [7, 11) is 0. The number of nitrogens with one attached hydrogen (secondary N) is 3. The van der Waals surface area contributed by atoms with Crippen LogP contribution in [0.25, 0.3) is 66.4 Å². The number of anilines is 1. The van der Waals surface area contributed by atoms with Gasteiger partial charge in [-0.05, 0) is 106 Å². The fourth-order valence-electron chi connectivity index (χ4n) is 7.48. The zero-order chi connectivity index (χ0) is 45.7. The minimum atomic E-state index is -0.484. The highest BCUT2D eigenvalue weighted by Crippen LogP contribution is 2.31. The first-order chi connectivity index (χ1) is 31.2. The summed E-state index contributed by atoms with van der Waals surface area (Å²) in [6.45, 7) is 17.2. The molecule has 65 heavy (non-hydrogen) atoms. The number of nitrogens with zero attached hydrogens (tertiary/aromatic N) is 9. The second-order valence-corrected chi connectivity index (χ2v) is 18.7. The van der Waals surface area contributed by atoms with Crippen LogP contribution in [0.5, 0.6) is 0 Å². The number of rotatable bonds is 3. The number of hydrogen-bond acceptors (Lipinski definition) is 12. The monoisotopic (exact) mass is 940 g/mol. The Kier molecular flexibility index (Phi) is 13.2. The minimum Gasteiger partial charge on any atom is -0.444 e. The Morgan fingerprint density at radius 2 is 1.08 bits per heavy atom. The van der Waals surface area contributed by atoms with Gasteiger partial charge in [-0.1, -0.05) is 0 Å². The van der Waals surface area contributed by atoms with Gasteiger partial charge in [-0.3, -0.25) is 19.9 Å². The predicted molar refractivity (Wildman–Crippen MR) is 258 cm³/mol. The lowest BCUT2D eigenvalue weighted by molar-refractivity contribution is 0.0223. The highest BCUT2D eigenvalue weighted by atomic mass is 79.9. The van der Waals surface area contributed by atoms with E-state index in [2.05, 4.69) is 90.3 Å². The number of piperazine rings is 2. The quantitative estimate of drug-likeness (QED) is 0.153. The maximum absolute atomic E-state index is 12.4. The van der Waals surface area contributed by atoms with Crippen LogP contribution in [-0.4, -0.2) is 125 Å². The number of pyridine rings is 6. The van der Waals surface area contributed by atoms with E-state index in [1.807, 2.05) is 96.8 Å². The molecule has 8 aromatic rings. The number of halogens is 1. The van der Waals surface area contributed by atoms with E-state index in [9.17, 15) is 9.59 Å². The van der Waals surface area contributed by atoms with Gasteiger partial charge in [-0.2, -0.15) is 0 Å². The second kappa shape index (κ2) is 19.2. The molecule has 10 heterocycles. The van der Waals surface area contributed by atoms with Crippen LogP contribution in [0.3, 0.4) is 0 Å². The van der Waals surface area contributed by atoms with Crippen molar-refractivity contribution in [2.24, 2.45) is 0 Å². The molecule has 0 saturated carbocycles. The lowest BCUT2D eigenvalue weighted by Gasteiger charge is -2.36. The maximum Gasteiger partial charge on any atom is 0.410 e. The van der Waals surface area contributed by atoms with Gasteiger partial charge < -0.3 is 39.5 Å². The molecule has 10 rings (SSSR count). The van der Waals surface area contributed by atoms with Gasteiger partial charge in [0.05, 0.1) is 46.7 Å². The van der Waals surface area contributed by atoms with E-state index in [0.717, 1.165) is 116 Å². The van der Waals surface area contributed by atoms with E-state index in [1.165, 1.54) is 0 Å². The van der Waals surface area contributed by atoms with Crippen LogP contribution < -0.4 is 10.2 Å². The van der Waals surface area contributed by atoms with E-state index in [0.29, 0.717) is 13.1 Å². The molecule has 0 aromatic carbocycles. The first kappa shape index (κ1) is 44.9. The summed E-state index contributed by atoms with van der Waals surface area (Å²) in [6, 6.07) is 16.2. The Hall–Kier alpha value is -6.72. The van der Waals surface area contributed by atoms with Crippen molar-refractivity contribution in [2.45, 2.75) is 52.7 Å². The number of hydrogen-bond donors (Lipinski definition) is 3. The Morgan fingerprint density at radius 3 is 1.57 bits per heavy atom. The fourth-order valence-corrected chi connectivity index (χ4v) is 7.81. The molecule has 0 unspecified atom stereocenters. The molecular weight excluding hydrogens is 889 g/mol. The lowest BCUT2D eigenvalue weighted by atomic mass is 10.1. The highest BCUT2D eigenvalue weighted by molar-refractivity contribution is 9.10. The molecule has 2 fully saturated rings. The van der Waals surface area contributed by atoms with E-state index < -0.39 is 5.60 Å². The summed E-state index contributed by atoms with van der Waals surface area (Å²) in [5.41, 5.74) is 7.58. The van der Waals surface area contributed by atoms with Gasteiger partial charge in [-0.15, -0.1) is 0 Å². The summed E-state index contributed by atoms with van der Waals surface area (Å²) in [5, 5.41) is 7.52. The van der Waals surface area contributed by atoms with Crippen molar-refractivity contribution >= 4 is 77.7 Å². The third kappa shape index (κ3) is 11.2. The van der Waals surface area contributed by atoms with E-state index in [1.54, 1.807) is 28.4 Å². The molecule has 2 amide bonds. The van der Waals surface area contributed by atoms with Crippen LogP contribution in [-0.2, 0) is 9.47 Å². The van der Waals surface area contributed by atoms with Gasteiger partial charge in [0, 0.05) is 120 Å². The van der Waals surface area contributed by atoms with Crippen molar-refractivity contribution < 1.29 is 19.1 Å². The third-order valence-corrected chi connectivity index (χ3v) is 11.0. The molecule has 336 valence electrons. The highest BCUT2D eigenvalue weighted by Gasteiger charge is 2.27. The number of ether oxygens (including phenoxy) is 2. The number of aromatic nitrogens is 8. The predicted octanol–water partition coefficient (Wildman–Crippen LogP) is 8.99. The Bertz CT molecular complexity index is 2920. The van der Waals surface area contributed by atoms with Crippen LogP contribution in [0, 0.1) is 0 Å². The molecule has 2 aliphatic rings. The average molecular weight is 942 g/mol. The summed E-state index contributed by atoms with van der Waals surface area (Å²) >= 11 is 3.46. The summed E-state index contributed by atoms with van der Waals surface area (Å²) in [5.74, 6) is 0. The topological polar surface area (TPSA) is 183 Å². The lowest BCUT2D eigenvalue weighted by Crippen LogP contribution is -2.50. The molecule has 0 spiro atoms. The molecule has 2 saturated heterocycles. The number of H-pyrrole nitrogens is 2. The van der Waals surface area contributed by atoms with Gasteiger partial charge in [0.1, 0.15) is 22.5 Å². The largest absolute Gasteiger partial charge is 0.444 e. The summed E-state index contributed by atoms with van der Waals surface area (Å²) in [6.07, 6.45) is 14.1. The average Bonchev–Trinajstić information content (AvgIpc) is 3.86. The van der Waals surface area contributed by atoms with Crippen molar-refractivity contribution in [3.8, 4) is 22.5 Å². The molecule has 0 radical (unpaired) electrons. The first-order valence-corrected chi connectivity index (χ1v) is 22.4. The Morgan fingerprint density at radius 1 is 0.585 bits per heavy atom. The number of carbonyl (C=O) groups excluding carboxylic acids is 2. The van der Waals surface area contributed by atoms with Gasteiger partial charge in [0.2, 0.25) is 0 Å². The van der Waals surface area contributed by atoms with Crippen LogP contribution in [0.15, 0.2) is 103 Å². The Labute approximate surface area is 385 Å². The fraction of sp³-hybridized carbons (Fsp3) is 0.333. The van der Waals surface area contributed by atoms with Gasteiger partial charge in [0.25, 0.3) is 0 Å². The SMILES string of the molecule is Brc1cnc2[nH]c3cnc(-c4cccnc4)cc3c2c1.CC(C)(C)OC(=O)N1CCN(c2cnc3[nH]c4cnc(-c5cccnc5)cc4c3c2)CC1.CC(C)(C)OC(=O)N1CCNCC1. The first-order valence-electron chi connectivity index (χ1n) is 21.6. The van der Waals surface area contributed by atoms with Crippen LogP contribution >= 0.6 is 15.9 Å². The van der Waals surface area contributed by atoms with E-state index in [-0.39, 0.29) is 17.8 Å². The standard InChI is InChI=1S/C24H26N6O2.C15H9BrN4.C9H18N2O2/c1-24(2,3)32-23(31)30-9-7-29(8-10-30)17-11-19-18-12-20(16-5-4-6-25-13-16)26-15-21(18)28-22(19)27-14-17;16-10-4-12-11-5-13(9-2-1-3-17-6-9)18-8-14(11)20-15(12)19-7-10;1-9(2,3)13-8(12)11-6-4-10-5-7-11/h4-6,11-15H,7-10H2,1-3H3,(H,27,28);1-8H,(H,19,20);10H,4-7H2,1-3H3. The molecule has 8 aromatic heterocycles. The molecule has 3 N–H and O–H groups in total. The molecule has 0 aliphatic carbocycles. The third-order valence-electron chi connectivity index (χ3n) is 10.6. The molecule has 0 bridgehead atoms. The van der Waals surface area contributed by atoms with Crippen molar-refractivity contribution in [3.63, 3.8) is 0 Å². The molecule has 16 nitrogen and oxygen atoms in total. The summed E-state index contributed by atoms with van der Waals surface area (Å²) in [4.78, 5) is 62.7. The molecular formula is C48H53BrN12O4. The van der Waals surface area contributed by atoms with Crippen LogP contribution in [0.4, 0.5) is 15.3 Å². The number of aromatic amines is 2. The van der Waals surface area contributed by atoms with Crippen molar-refractivity contribution in [1.29, 1.82) is 0 Å². The van der Waals surface area contributed by atoms with Crippen molar-refractivity contribution in [3.05, 3.63) is 103 Å². The van der Waals surface area contributed by atoms with Gasteiger partial charge in [0.15, 0.2) is 0 Å². The van der Waals surface area contributed by atoms with E-state index in [4.69, 9.17) is 9.47 Å². The molecule has 17 heteroatoms. The van der Waals surface area contributed by atoms with Crippen LogP contribution in [0.1, 0.15) is 41.5 Å². The zero-order valence-electron chi connectivity index (χ0n) is 37.4. The van der Waals surface area contributed by atoms with Crippen molar-refractivity contribution in [1.82, 2.24) is 55.0 Å². The minimum absolute atomic E-state index is 0.200. The van der Waals surface area contributed by atoms with Gasteiger partial charge >= 0.3 is 12.2 Å². The zero-order valence-corrected chi connectivity index (χ0v) is 39.0. The van der Waals surface area contributed by atoms with E-state index >= 15 is 0 Å². The number of amides is 2. The Balaban J connectivity index is 0.000000148. The molecule has 0 atom stereocenters. The smallest absolute Gasteiger partial charge is 0.410 e. The second-order valence-electron chi connectivity index (χ2n) is 17.8.